The molecule has 25 heavy (non-hydrogen) atoms. The molecule has 0 saturated carbocycles. The number of ether oxygens (including phenoxy) is 1. The molecule has 0 radical (unpaired) electrons. The first kappa shape index (κ1) is 18.5. The predicted molar refractivity (Wildman–Crippen MR) is 99.3 cm³/mol. The molecule has 132 valence electrons. The Balaban J connectivity index is 2.42. The Morgan fingerprint density at radius 1 is 1.00 bits per heavy atom. The molecule has 2 rings (SSSR count). The van der Waals surface area contributed by atoms with Crippen molar-refractivity contribution in [3.63, 3.8) is 0 Å². The van der Waals surface area contributed by atoms with Gasteiger partial charge in [-0.15, -0.1) is 0 Å². The fourth-order valence-electron chi connectivity index (χ4n) is 2.51. The second-order valence-corrected chi connectivity index (χ2v) is 6.88. The van der Waals surface area contributed by atoms with Crippen LogP contribution in [0.2, 0.25) is 0 Å². The van der Waals surface area contributed by atoms with Crippen LogP contribution in [-0.2, 0) is 9.53 Å². The van der Waals surface area contributed by atoms with Crippen LogP contribution in [0, 0.1) is 0 Å². The lowest BCUT2D eigenvalue weighted by molar-refractivity contribution is -0.119. The molecule has 1 atom stereocenters. The summed E-state index contributed by atoms with van der Waals surface area (Å²) in [6, 6.07) is 14.9. The molecule has 0 aliphatic rings. The summed E-state index contributed by atoms with van der Waals surface area (Å²) in [5, 5.41) is 2.78. The Hall–Kier alpha value is -2.82. The third-order valence-corrected chi connectivity index (χ3v) is 3.71. The first-order valence-electron chi connectivity index (χ1n) is 8.16. The number of rotatable bonds is 4. The Morgan fingerprint density at radius 3 is 2.16 bits per heavy atom. The summed E-state index contributed by atoms with van der Waals surface area (Å²) in [6.07, 6.45) is -0.527. The smallest absolute Gasteiger partial charge is 0.412 e. The quantitative estimate of drug-likeness (QED) is 0.871. The lowest BCUT2D eigenvalue weighted by Gasteiger charge is -2.21. The highest BCUT2D eigenvalue weighted by atomic mass is 16.6. The fourth-order valence-corrected chi connectivity index (χ4v) is 2.51. The van der Waals surface area contributed by atoms with Crippen molar-refractivity contribution >= 4 is 17.7 Å². The SMILES string of the molecule is CC(C(N)=O)c1ccccc1-c1ccccc1NC(=O)OC(C)(C)C. The minimum absolute atomic E-state index is 0.398. The largest absolute Gasteiger partial charge is 0.444 e. The maximum atomic E-state index is 12.1. The second kappa shape index (κ2) is 7.38. The van der Waals surface area contributed by atoms with E-state index < -0.39 is 23.5 Å². The molecule has 0 saturated heterocycles. The van der Waals surface area contributed by atoms with Gasteiger partial charge in [-0.1, -0.05) is 42.5 Å². The van der Waals surface area contributed by atoms with E-state index in [0.717, 1.165) is 16.7 Å². The Morgan fingerprint density at radius 2 is 1.56 bits per heavy atom. The molecule has 0 heterocycles. The highest BCUT2D eigenvalue weighted by Gasteiger charge is 2.20. The van der Waals surface area contributed by atoms with Crippen molar-refractivity contribution in [2.45, 2.75) is 39.2 Å². The number of para-hydroxylation sites is 1. The topological polar surface area (TPSA) is 81.4 Å². The average Bonchev–Trinajstić information content (AvgIpc) is 2.53. The highest BCUT2D eigenvalue weighted by Crippen LogP contribution is 2.34. The average molecular weight is 340 g/mol. The zero-order chi connectivity index (χ0) is 18.6. The van der Waals surface area contributed by atoms with E-state index >= 15 is 0 Å². The standard InChI is InChI=1S/C20H24N2O3/c1-13(18(21)23)14-9-5-6-10-15(14)16-11-7-8-12-17(16)22-19(24)25-20(2,3)4/h5-13H,1-4H3,(H2,21,23)(H,22,24). The number of hydrogen-bond acceptors (Lipinski definition) is 3. The van der Waals surface area contributed by atoms with Crippen molar-refractivity contribution in [1.29, 1.82) is 0 Å². The molecule has 1 unspecified atom stereocenters. The van der Waals surface area contributed by atoms with Crippen molar-refractivity contribution in [3.8, 4) is 11.1 Å². The van der Waals surface area contributed by atoms with E-state index in [1.54, 1.807) is 13.0 Å². The molecule has 0 spiro atoms. The summed E-state index contributed by atoms with van der Waals surface area (Å²) in [5.74, 6) is -0.837. The summed E-state index contributed by atoms with van der Waals surface area (Å²) in [6.45, 7) is 7.19. The van der Waals surface area contributed by atoms with Gasteiger partial charge in [0.1, 0.15) is 5.60 Å². The molecule has 2 aromatic rings. The molecule has 2 amide bonds. The van der Waals surface area contributed by atoms with Crippen molar-refractivity contribution in [2.24, 2.45) is 5.73 Å². The van der Waals surface area contributed by atoms with E-state index in [4.69, 9.17) is 10.5 Å². The van der Waals surface area contributed by atoms with Crippen LogP contribution in [0.15, 0.2) is 48.5 Å². The summed E-state index contributed by atoms with van der Waals surface area (Å²) >= 11 is 0. The van der Waals surface area contributed by atoms with Crippen LogP contribution in [0.4, 0.5) is 10.5 Å². The lowest BCUT2D eigenvalue weighted by Crippen LogP contribution is -2.27. The Kier molecular flexibility index (Phi) is 5.47. The van der Waals surface area contributed by atoms with Gasteiger partial charge in [0, 0.05) is 5.56 Å². The maximum Gasteiger partial charge on any atom is 0.412 e. The summed E-state index contributed by atoms with van der Waals surface area (Å²) < 4.78 is 5.32. The van der Waals surface area contributed by atoms with Gasteiger partial charge < -0.3 is 10.5 Å². The van der Waals surface area contributed by atoms with Gasteiger partial charge in [-0.2, -0.15) is 0 Å². The zero-order valence-electron chi connectivity index (χ0n) is 15.0. The fraction of sp³-hybridized carbons (Fsp3) is 0.300. The van der Waals surface area contributed by atoms with Crippen molar-refractivity contribution in [1.82, 2.24) is 0 Å². The van der Waals surface area contributed by atoms with E-state index in [-0.39, 0.29) is 0 Å². The molecule has 5 nitrogen and oxygen atoms in total. The number of carbonyl (C=O) groups excluding carboxylic acids is 2. The van der Waals surface area contributed by atoms with E-state index in [0.29, 0.717) is 5.69 Å². The normalized spacial score (nSPS) is 12.3. The molecule has 3 N–H and O–H groups in total. The summed E-state index contributed by atoms with van der Waals surface area (Å²) in [5.41, 5.74) is 7.96. The number of anilines is 1. The van der Waals surface area contributed by atoms with Crippen LogP contribution in [0.25, 0.3) is 11.1 Å². The minimum atomic E-state index is -0.586. The number of carbonyl (C=O) groups is 2. The van der Waals surface area contributed by atoms with Crippen LogP contribution >= 0.6 is 0 Å². The van der Waals surface area contributed by atoms with Gasteiger partial charge in [0.2, 0.25) is 5.91 Å². The first-order chi connectivity index (χ1) is 11.7. The number of benzene rings is 2. The minimum Gasteiger partial charge on any atom is -0.444 e. The molecule has 2 aromatic carbocycles. The van der Waals surface area contributed by atoms with Crippen LogP contribution in [0.5, 0.6) is 0 Å². The van der Waals surface area contributed by atoms with E-state index in [1.165, 1.54) is 0 Å². The van der Waals surface area contributed by atoms with E-state index in [9.17, 15) is 9.59 Å². The Labute approximate surface area is 148 Å². The Bertz CT molecular complexity index is 779. The summed E-state index contributed by atoms with van der Waals surface area (Å²) in [4.78, 5) is 23.8. The van der Waals surface area contributed by atoms with Crippen molar-refractivity contribution in [2.75, 3.05) is 5.32 Å². The molecular weight excluding hydrogens is 316 g/mol. The predicted octanol–water partition coefficient (Wildman–Crippen LogP) is 4.29. The second-order valence-electron chi connectivity index (χ2n) is 6.88. The third-order valence-electron chi connectivity index (χ3n) is 3.71. The van der Waals surface area contributed by atoms with Gasteiger partial charge in [-0.05, 0) is 44.9 Å². The molecule has 0 fully saturated rings. The van der Waals surface area contributed by atoms with Gasteiger partial charge in [0.25, 0.3) is 0 Å². The van der Waals surface area contributed by atoms with Crippen molar-refractivity contribution < 1.29 is 14.3 Å². The number of hydrogen-bond donors (Lipinski definition) is 2. The number of primary amides is 1. The molecule has 0 bridgehead atoms. The van der Waals surface area contributed by atoms with Gasteiger partial charge in [0.05, 0.1) is 11.6 Å². The van der Waals surface area contributed by atoms with E-state index in [2.05, 4.69) is 5.32 Å². The molecule has 0 aliphatic carbocycles. The molecule has 0 aliphatic heterocycles. The van der Waals surface area contributed by atoms with Crippen LogP contribution < -0.4 is 11.1 Å². The van der Waals surface area contributed by atoms with Crippen LogP contribution in [-0.4, -0.2) is 17.6 Å². The zero-order valence-corrected chi connectivity index (χ0v) is 15.0. The number of amides is 2. The third kappa shape index (κ3) is 4.83. The number of nitrogens with two attached hydrogens (primary N) is 1. The lowest BCUT2D eigenvalue weighted by atomic mass is 9.90. The van der Waals surface area contributed by atoms with Gasteiger partial charge in [0.15, 0.2) is 0 Å². The molecular formula is C20H24N2O3. The van der Waals surface area contributed by atoms with Gasteiger partial charge in [-0.25, -0.2) is 4.79 Å². The van der Waals surface area contributed by atoms with Crippen LogP contribution in [0.1, 0.15) is 39.2 Å². The van der Waals surface area contributed by atoms with Gasteiger partial charge >= 0.3 is 6.09 Å². The maximum absolute atomic E-state index is 12.1. The van der Waals surface area contributed by atoms with Gasteiger partial charge in [-0.3, -0.25) is 10.1 Å². The summed E-state index contributed by atoms with van der Waals surface area (Å²) in [7, 11) is 0. The number of nitrogens with one attached hydrogen (secondary N) is 1. The highest BCUT2D eigenvalue weighted by molar-refractivity contribution is 5.93. The first-order valence-corrected chi connectivity index (χ1v) is 8.16. The molecule has 0 aromatic heterocycles. The van der Waals surface area contributed by atoms with Crippen LogP contribution in [0.3, 0.4) is 0 Å². The monoisotopic (exact) mass is 340 g/mol. The molecule has 5 heteroatoms. The van der Waals surface area contributed by atoms with E-state index in [1.807, 2.05) is 63.2 Å². The van der Waals surface area contributed by atoms with Crippen molar-refractivity contribution in [3.05, 3.63) is 54.1 Å².